The number of ether oxygens (including phenoxy) is 2. The van der Waals surface area contributed by atoms with Gasteiger partial charge in [0.15, 0.2) is 11.5 Å². The molecule has 0 unspecified atom stereocenters. The summed E-state index contributed by atoms with van der Waals surface area (Å²) in [5.74, 6) is 1.65. The molecule has 0 saturated carbocycles. The number of nitrogens with zero attached hydrogens (tertiary/aromatic N) is 1. The summed E-state index contributed by atoms with van der Waals surface area (Å²) in [6.45, 7) is 4.29. The smallest absolute Gasteiger partial charge is 0.163 e. The second-order valence-electron chi connectivity index (χ2n) is 4.65. The molecule has 1 aliphatic rings. The monoisotopic (exact) mass is 290 g/mol. The number of hydrogen-bond acceptors (Lipinski definition) is 5. The van der Waals surface area contributed by atoms with Crippen LogP contribution in [-0.2, 0) is 13.0 Å². The van der Waals surface area contributed by atoms with Gasteiger partial charge in [0, 0.05) is 23.6 Å². The van der Waals surface area contributed by atoms with Crippen molar-refractivity contribution in [2.75, 3.05) is 18.5 Å². The van der Waals surface area contributed by atoms with E-state index in [0.29, 0.717) is 6.61 Å². The zero-order valence-corrected chi connectivity index (χ0v) is 12.3. The first-order valence-corrected chi connectivity index (χ1v) is 7.80. The molecular formula is C15H18N2O2S. The van der Waals surface area contributed by atoms with Gasteiger partial charge in [0.1, 0.15) is 0 Å². The number of rotatable bonds is 4. The topological polar surface area (TPSA) is 43.4 Å². The van der Waals surface area contributed by atoms with Gasteiger partial charge in [-0.1, -0.05) is 6.92 Å². The first-order chi connectivity index (χ1) is 9.85. The van der Waals surface area contributed by atoms with E-state index in [2.05, 4.69) is 22.6 Å². The third kappa shape index (κ3) is 3.04. The number of aryl methyl sites for hydroxylation is 1. The molecule has 1 aromatic heterocycles. The van der Waals surface area contributed by atoms with Gasteiger partial charge in [0.2, 0.25) is 0 Å². The fourth-order valence-electron chi connectivity index (χ4n) is 2.06. The van der Waals surface area contributed by atoms with Crippen LogP contribution in [0.15, 0.2) is 23.6 Å². The molecule has 0 spiro atoms. The Morgan fingerprint density at radius 1 is 1.25 bits per heavy atom. The molecule has 0 radical (unpaired) electrons. The van der Waals surface area contributed by atoms with Crippen molar-refractivity contribution in [1.29, 1.82) is 0 Å². The largest absolute Gasteiger partial charge is 0.490 e. The minimum absolute atomic E-state index is 0.711. The second kappa shape index (κ2) is 6.13. The van der Waals surface area contributed by atoms with Gasteiger partial charge >= 0.3 is 0 Å². The molecule has 5 heteroatoms. The van der Waals surface area contributed by atoms with Crippen molar-refractivity contribution in [1.82, 2.24) is 4.98 Å². The van der Waals surface area contributed by atoms with Crippen molar-refractivity contribution >= 4 is 17.0 Å². The maximum atomic E-state index is 5.68. The fourth-order valence-corrected chi connectivity index (χ4v) is 2.80. The summed E-state index contributed by atoms with van der Waals surface area (Å²) in [5, 5.41) is 6.66. The van der Waals surface area contributed by atoms with Crippen molar-refractivity contribution in [3.63, 3.8) is 0 Å². The van der Waals surface area contributed by atoms with Gasteiger partial charge < -0.3 is 14.8 Å². The van der Waals surface area contributed by atoms with Crippen LogP contribution in [0, 0.1) is 0 Å². The summed E-state index contributed by atoms with van der Waals surface area (Å²) in [7, 11) is 0. The van der Waals surface area contributed by atoms with Crippen LogP contribution in [-0.4, -0.2) is 18.2 Å². The molecule has 20 heavy (non-hydrogen) atoms. The fraction of sp³-hybridized carbons (Fsp3) is 0.400. The zero-order valence-electron chi connectivity index (χ0n) is 11.5. The van der Waals surface area contributed by atoms with E-state index in [0.717, 1.165) is 48.9 Å². The van der Waals surface area contributed by atoms with Gasteiger partial charge in [-0.05, 0) is 18.6 Å². The van der Waals surface area contributed by atoms with Crippen molar-refractivity contribution in [3.05, 3.63) is 34.3 Å². The highest BCUT2D eigenvalue weighted by atomic mass is 32.1. The van der Waals surface area contributed by atoms with E-state index in [1.807, 2.05) is 18.2 Å². The highest BCUT2D eigenvalue weighted by Gasteiger charge is 2.10. The molecule has 0 saturated heterocycles. The van der Waals surface area contributed by atoms with E-state index >= 15 is 0 Å². The van der Waals surface area contributed by atoms with Crippen LogP contribution in [0.1, 0.15) is 24.0 Å². The van der Waals surface area contributed by atoms with Crippen LogP contribution < -0.4 is 14.8 Å². The highest BCUT2D eigenvalue weighted by molar-refractivity contribution is 7.09. The van der Waals surface area contributed by atoms with Crippen LogP contribution in [0.4, 0.5) is 5.69 Å². The van der Waals surface area contributed by atoms with E-state index in [4.69, 9.17) is 9.47 Å². The summed E-state index contributed by atoms with van der Waals surface area (Å²) in [4.78, 5) is 4.55. The summed E-state index contributed by atoms with van der Waals surface area (Å²) in [6.07, 6.45) is 1.92. The van der Waals surface area contributed by atoms with Crippen LogP contribution in [0.5, 0.6) is 11.5 Å². The summed E-state index contributed by atoms with van der Waals surface area (Å²) < 4.78 is 11.3. The van der Waals surface area contributed by atoms with Crippen LogP contribution in [0.3, 0.4) is 0 Å². The predicted octanol–water partition coefficient (Wildman–Crippen LogP) is 3.48. The Hall–Kier alpha value is -1.75. The van der Waals surface area contributed by atoms with E-state index < -0.39 is 0 Å². The third-order valence-corrected chi connectivity index (χ3v) is 4.16. The van der Waals surface area contributed by atoms with E-state index in [9.17, 15) is 0 Å². The summed E-state index contributed by atoms with van der Waals surface area (Å²) in [5.41, 5.74) is 2.11. The van der Waals surface area contributed by atoms with E-state index in [1.54, 1.807) is 11.3 Å². The Morgan fingerprint density at radius 2 is 2.10 bits per heavy atom. The SMILES string of the molecule is CCc1nc(CNc2ccc3c(c2)OCCCO3)cs1. The third-order valence-electron chi connectivity index (χ3n) is 3.12. The molecule has 1 aliphatic heterocycles. The highest BCUT2D eigenvalue weighted by Crippen LogP contribution is 2.32. The number of thiazole rings is 1. The lowest BCUT2D eigenvalue weighted by atomic mass is 10.2. The number of anilines is 1. The summed E-state index contributed by atoms with van der Waals surface area (Å²) in [6, 6.07) is 5.97. The number of hydrogen-bond donors (Lipinski definition) is 1. The minimum Gasteiger partial charge on any atom is -0.490 e. The van der Waals surface area contributed by atoms with Gasteiger partial charge in [-0.3, -0.25) is 0 Å². The Morgan fingerprint density at radius 3 is 2.90 bits per heavy atom. The van der Waals surface area contributed by atoms with Gasteiger partial charge in [0.25, 0.3) is 0 Å². The average molecular weight is 290 g/mol. The number of aromatic nitrogens is 1. The Bertz CT molecular complexity index is 583. The van der Waals surface area contributed by atoms with Crippen LogP contribution in [0.25, 0.3) is 0 Å². The molecule has 0 atom stereocenters. The van der Waals surface area contributed by atoms with Gasteiger partial charge in [0.05, 0.1) is 30.5 Å². The van der Waals surface area contributed by atoms with Crippen molar-refractivity contribution in [3.8, 4) is 11.5 Å². The number of nitrogens with one attached hydrogen (secondary N) is 1. The predicted molar refractivity (Wildman–Crippen MR) is 80.9 cm³/mol. The average Bonchev–Trinajstić information content (AvgIpc) is 2.82. The van der Waals surface area contributed by atoms with E-state index in [-0.39, 0.29) is 0 Å². The summed E-state index contributed by atoms with van der Waals surface area (Å²) >= 11 is 1.71. The van der Waals surface area contributed by atoms with Gasteiger partial charge in [-0.2, -0.15) is 0 Å². The standard InChI is InChI=1S/C15H18N2O2S/c1-2-15-17-12(10-20-15)9-16-11-4-5-13-14(8-11)19-7-3-6-18-13/h4-5,8,10,16H,2-3,6-7,9H2,1H3. The van der Waals surface area contributed by atoms with E-state index in [1.165, 1.54) is 5.01 Å². The molecule has 0 aliphatic carbocycles. The lowest BCUT2D eigenvalue weighted by molar-refractivity contribution is 0.297. The molecule has 2 heterocycles. The quantitative estimate of drug-likeness (QED) is 0.936. The molecule has 1 aromatic carbocycles. The molecule has 1 N–H and O–H groups in total. The molecule has 2 aromatic rings. The van der Waals surface area contributed by atoms with Crippen LogP contribution in [0.2, 0.25) is 0 Å². The van der Waals surface area contributed by atoms with Crippen molar-refractivity contribution < 1.29 is 9.47 Å². The number of fused-ring (bicyclic) bond motifs is 1. The first kappa shape index (κ1) is 13.2. The maximum Gasteiger partial charge on any atom is 0.163 e. The second-order valence-corrected chi connectivity index (χ2v) is 5.59. The molecule has 0 fully saturated rings. The first-order valence-electron chi connectivity index (χ1n) is 6.92. The molecule has 4 nitrogen and oxygen atoms in total. The van der Waals surface area contributed by atoms with Gasteiger partial charge in [-0.25, -0.2) is 4.98 Å². The molecule has 0 bridgehead atoms. The van der Waals surface area contributed by atoms with Crippen LogP contribution >= 0.6 is 11.3 Å². The lowest BCUT2D eigenvalue weighted by Gasteiger charge is -2.10. The Kier molecular flexibility index (Phi) is 4.06. The van der Waals surface area contributed by atoms with Gasteiger partial charge in [-0.15, -0.1) is 11.3 Å². The Labute approximate surface area is 122 Å². The number of benzene rings is 1. The Balaban J connectivity index is 1.67. The molecule has 106 valence electrons. The minimum atomic E-state index is 0.711. The van der Waals surface area contributed by atoms with Crippen molar-refractivity contribution in [2.24, 2.45) is 0 Å². The normalized spacial score (nSPS) is 13.8. The zero-order chi connectivity index (χ0) is 13.8. The molecule has 3 rings (SSSR count). The molecular weight excluding hydrogens is 272 g/mol. The maximum absolute atomic E-state index is 5.68. The lowest BCUT2D eigenvalue weighted by Crippen LogP contribution is -2.01. The molecule has 0 amide bonds. The van der Waals surface area contributed by atoms with Crippen molar-refractivity contribution in [2.45, 2.75) is 26.3 Å².